The number of halogens is 1. The van der Waals surface area contributed by atoms with E-state index in [0.29, 0.717) is 6.54 Å². The number of nitrogens with one attached hydrogen (secondary N) is 2. The molecule has 0 aliphatic carbocycles. The second-order valence-electron chi connectivity index (χ2n) is 7.15. The lowest BCUT2D eigenvalue weighted by atomic mass is 10.1. The van der Waals surface area contributed by atoms with Gasteiger partial charge in [-0.15, -0.1) is 24.0 Å². The zero-order valence-corrected chi connectivity index (χ0v) is 20.4. The van der Waals surface area contributed by atoms with E-state index in [1.165, 1.54) is 16.8 Å². The highest BCUT2D eigenvalue weighted by molar-refractivity contribution is 14.0. The molecule has 0 amide bonds. The zero-order valence-electron chi connectivity index (χ0n) is 18.1. The van der Waals surface area contributed by atoms with Gasteiger partial charge in [-0.1, -0.05) is 12.1 Å². The van der Waals surface area contributed by atoms with Crippen molar-refractivity contribution in [1.29, 1.82) is 0 Å². The van der Waals surface area contributed by atoms with Gasteiger partial charge < -0.3 is 15.4 Å². The Bertz CT molecular complexity index is 798. The normalized spacial score (nSPS) is 11.4. The molecule has 0 spiro atoms. The summed E-state index contributed by atoms with van der Waals surface area (Å²) in [4.78, 5) is 4.33. The standard InChI is InChI=1S/C21H33N5O.HI/c1-14(2)27-20-12-15(3)8-9-18(20)13-24-21(22-6)23-11-10-19-16(4)25-26(7)17(19)5;/h8-9,12,14H,10-11,13H2,1-7H3,(H2,22,23,24);1H. The monoisotopic (exact) mass is 499 g/mol. The molecule has 2 rings (SSSR count). The predicted octanol–water partition coefficient (Wildman–Crippen LogP) is 3.66. The van der Waals surface area contributed by atoms with E-state index in [-0.39, 0.29) is 30.1 Å². The maximum Gasteiger partial charge on any atom is 0.191 e. The summed E-state index contributed by atoms with van der Waals surface area (Å²) >= 11 is 0. The van der Waals surface area contributed by atoms with Crippen molar-refractivity contribution in [3.8, 4) is 5.75 Å². The lowest BCUT2D eigenvalue weighted by Crippen LogP contribution is -2.38. The number of ether oxygens (including phenoxy) is 1. The number of aromatic nitrogens is 2. The Hall–Kier alpha value is -1.77. The number of aliphatic imine (C=N–C) groups is 1. The third-order valence-corrected chi connectivity index (χ3v) is 4.58. The summed E-state index contributed by atoms with van der Waals surface area (Å²) in [5.74, 6) is 1.71. The molecule has 0 bridgehead atoms. The Morgan fingerprint density at radius 3 is 2.50 bits per heavy atom. The maximum absolute atomic E-state index is 5.95. The van der Waals surface area contributed by atoms with E-state index in [2.05, 4.69) is 59.7 Å². The number of nitrogens with zero attached hydrogens (tertiary/aromatic N) is 3. The van der Waals surface area contributed by atoms with E-state index in [1.54, 1.807) is 7.05 Å². The zero-order chi connectivity index (χ0) is 20.0. The van der Waals surface area contributed by atoms with Crippen LogP contribution in [-0.4, -0.2) is 35.4 Å². The van der Waals surface area contributed by atoms with Crippen molar-refractivity contribution < 1.29 is 4.74 Å². The number of hydrogen-bond acceptors (Lipinski definition) is 3. The summed E-state index contributed by atoms with van der Waals surface area (Å²) in [5, 5.41) is 11.2. The molecule has 0 saturated heterocycles. The molecule has 28 heavy (non-hydrogen) atoms. The molecule has 156 valence electrons. The lowest BCUT2D eigenvalue weighted by molar-refractivity contribution is 0.239. The Labute approximate surface area is 186 Å². The topological polar surface area (TPSA) is 63.5 Å². The molecule has 0 aliphatic rings. The minimum Gasteiger partial charge on any atom is -0.491 e. The van der Waals surface area contributed by atoms with Crippen molar-refractivity contribution in [2.45, 2.75) is 53.7 Å². The number of benzene rings is 1. The summed E-state index contributed by atoms with van der Waals surface area (Å²) in [6, 6.07) is 6.30. The first kappa shape index (κ1) is 24.3. The van der Waals surface area contributed by atoms with Crippen LogP contribution < -0.4 is 15.4 Å². The van der Waals surface area contributed by atoms with Crippen molar-refractivity contribution >= 4 is 29.9 Å². The van der Waals surface area contributed by atoms with Gasteiger partial charge in [0.15, 0.2) is 5.96 Å². The van der Waals surface area contributed by atoms with Gasteiger partial charge in [-0.3, -0.25) is 9.67 Å². The van der Waals surface area contributed by atoms with Crippen LogP contribution in [-0.2, 0) is 20.0 Å². The van der Waals surface area contributed by atoms with Gasteiger partial charge in [0.2, 0.25) is 0 Å². The minimum atomic E-state index is 0. The number of hydrogen-bond donors (Lipinski definition) is 2. The van der Waals surface area contributed by atoms with E-state index >= 15 is 0 Å². The van der Waals surface area contributed by atoms with Gasteiger partial charge in [0, 0.05) is 38.4 Å². The highest BCUT2D eigenvalue weighted by atomic mass is 127. The molecular weight excluding hydrogens is 465 g/mol. The molecule has 0 radical (unpaired) electrons. The molecular formula is C21H34IN5O. The maximum atomic E-state index is 5.95. The first-order valence-corrected chi connectivity index (χ1v) is 9.51. The molecule has 1 heterocycles. The van der Waals surface area contributed by atoms with Crippen LogP contribution in [0, 0.1) is 20.8 Å². The number of aryl methyl sites for hydroxylation is 3. The van der Waals surface area contributed by atoms with Crippen molar-refractivity contribution in [3.05, 3.63) is 46.3 Å². The molecule has 6 nitrogen and oxygen atoms in total. The fourth-order valence-corrected chi connectivity index (χ4v) is 3.06. The van der Waals surface area contributed by atoms with Gasteiger partial charge in [-0.25, -0.2) is 0 Å². The number of rotatable bonds is 7. The Morgan fingerprint density at radius 2 is 1.93 bits per heavy atom. The van der Waals surface area contributed by atoms with Crippen molar-refractivity contribution in [2.75, 3.05) is 13.6 Å². The SMILES string of the molecule is CN=C(NCCc1c(C)nn(C)c1C)NCc1ccc(C)cc1OC(C)C.I. The van der Waals surface area contributed by atoms with E-state index < -0.39 is 0 Å². The molecule has 0 atom stereocenters. The third kappa shape index (κ3) is 6.68. The van der Waals surface area contributed by atoms with E-state index in [4.69, 9.17) is 4.74 Å². The van der Waals surface area contributed by atoms with Gasteiger partial charge >= 0.3 is 0 Å². The van der Waals surface area contributed by atoms with Crippen LogP contribution in [0.5, 0.6) is 5.75 Å². The third-order valence-electron chi connectivity index (χ3n) is 4.58. The van der Waals surface area contributed by atoms with E-state index in [0.717, 1.165) is 35.9 Å². The fraction of sp³-hybridized carbons (Fsp3) is 0.524. The molecule has 2 aromatic rings. The lowest BCUT2D eigenvalue weighted by Gasteiger charge is -2.17. The second kappa shape index (κ2) is 11.3. The predicted molar refractivity (Wildman–Crippen MR) is 127 cm³/mol. The molecule has 1 aromatic heterocycles. The van der Waals surface area contributed by atoms with Gasteiger partial charge in [0.25, 0.3) is 0 Å². The molecule has 0 unspecified atom stereocenters. The van der Waals surface area contributed by atoms with Crippen molar-refractivity contribution in [3.63, 3.8) is 0 Å². The number of guanidine groups is 1. The van der Waals surface area contributed by atoms with Crippen molar-refractivity contribution in [1.82, 2.24) is 20.4 Å². The Balaban J connectivity index is 0.00000392. The van der Waals surface area contributed by atoms with Gasteiger partial charge in [-0.2, -0.15) is 5.10 Å². The molecule has 0 aliphatic heterocycles. The average molecular weight is 499 g/mol. The van der Waals surface area contributed by atoms with Crippen LogP contribution in [0.3, 0.4) is 0 Å². The summed E-state index contributed by atoms with van der Waals surface area (Å²) < 4.78 is 7.89. The molecule has 2 N–H and O–H groups in total. The van der Waals surface area contributed by atoms with Crippen LogP contribution in [0.25, 0.3) is 0 Å². The van der Waals surface area contributed by atoms with Gasteiger partial charge in [-0.05, 0) is 58.2 Å². The Kier molecular flexibility index (Phi) is 9.78. The highest BCUT2D eigenvalue weighted by Gasteiger charge is 2.10. The summed E-state index contributed by atoms with van der Waals surface area (Å²) in [6.07, 6.45) is 1.06. The van der Waals surface area contributed by atoms with Gasteiger partial charge in [0.05, 0.1) is 11.8 Å². The summed E-state index contributed by atoms with van der Waals surface area (Å²) in [7, 11) is 3.77. The quantitative estimate of drug-likeness (QED) is 0.347. The average Bonchev–Trinajstić information content (AvgIpc) is 2.84. The first-order chi connectivity index (χ1) is 12.8. The largest absolute Gasteiger partial charge is 0.491 e. The minimum absolute atomic E-state index is 0. The van der Waals surface area contributed by atoms with E-state index in [9.17, 15) is 0 Å². The van der Waals surface area contributed by atoms with Crippen molar-refractivity contribution in [2.24, 2.45) is 12.0 Å². The highest BCUT2D eigenvalue weighted by Crippen LogP contribution is 2.21. The first-order valence-electron chi connectivity index (χ1n) is 9.51. The fourth-order valence-electron chi connectivity index (χ4n) is 3.06. The molecule has 1 aromatic carbocycles. The Morgan fingerprint density at radius 1 is 1.21 bits per heavy atom. The van der Waals surface area contributed by atoms with Gasteiger partial charge in [0.1, 0.15) is 5.75 Å². The van der Waals surface area contributed by atoms with Crippen LogP contribution in [0.4, 0.5) is 0 Å². The smallest absolute Gasteiger partial charge is 0.191 e. The summed E-state index contributed by atoms with van der Waals surface area (Å²) in [5.41, 5.74) is 5.92. The second-order valence-corrected chi connectivity index (χ2v) is 7.15. The molecule has 0 saturated carbocycles. The van der Waals surface area contributed by atoms with Crippen LogP contribution in [0.1, 0.15) is 41.9 Å². The summed E-state index contributed by atoms with van der Waals surface area (Å²) in [6.45, 7) is 11.8. The van der Waals surface area contributed by atoms with E-state index in [1.807, 2.05) is 25.6 Å². The molecule has 7 heteroatoms. The molecule has 0 fully saturated rings. The van der Waals surface area contributed by atoms with Crippen LogP contribution in [0.15, 0.2) is 23.2 Å². The van der Waals surface area contributed by atoms with Crippen LogP contribution >= 0.6 is 24.0 Å². The van der Waals surface area contributed by atoms with Crippen LogP contribution in [0.2, 0.25) is 0 Å².